The fourth-order valence-electron chi connectivity index (χ4n) is 10.3. The maximum absolute atomic E-state index is 11.3. The lowest BCUT2D eigenvalue weighted by molar-refractivity contribution is 0.0600. The van der Waals surface area contributed by atoms with Gasteiger partial charge in [0.25, 0.3) is 0 Å². The Bertz CT molecular complexity index is 4260. The van der Waals surface area contributed by atoms with Crippen molar-refractivity contribution in [2.45, 2.75) is 74.7 Å². The summed E-state index contributed by atoms with van der Waals surface area (Å²) >= 11 is 3.39. The van der Waals surface area contributed by atoms with E-state index in [2.05, 4.69) is 185 Å². The van der Waals surface area contributed by atoms with Gasteiger partial charge in [0.1, 0.15) is 16.8 Å². The minimum Gasteiger partial charge on any atom is -0.493 e. The number of ether oxygens (including phenoxy) is 2. The van der Waals surface area contributed by atoms with Gasteiger partial charge in [0.05, 0.1) is 68.1 Å². The first-order valence-corrected chi connectivity index (χ1v) is 30.6. The number of carbonyl (C=O) groups excluding carboxylic acids is 1. The molecule has 0 aliphatic carbocycles. The van der Waals surface area contributed by atoms with E-state index in [9.17, 15) is 4.79 Å². The Kier molecular flexibility index (Phi) is 21.1. The number of hydrogen-bond donors (Lipinski definition) is 1. The van der Waals surface area contributed by atoms with Crippen molar-refractivity contribution in [2.75, 3.05) is 32.2 Å². The van der Waals surface area contributed by atoms with Crippen LogP contribution >= 0.6 is 22.7 Å². The number of nitrogens with one attached hydrogen (secondary N) is 1. The smallest absolute Gasteiger partial charge is 0.337 e. The minimum absolute atomic E-state index is 0.363. The number of imidazole rings is 1. The van der Waals surface area contributed by atoms with Gasteiger partial charge in [-0.1, -0.05) is 84.9 Å². The summed E-state index contributed by atoms with van der Waals surface area (Å²) < 4.78 is 25.0. The zero-order valence-electron chi connectivity index (χ0n) is 51.3. The summed E-state index contributed by atoms with van der Waals surface area (Å²) in [7, 11) is 5.54. The van der Waals surface area contributed by atoms with E-state index in [0.717, 1.165) is 57.6 Å². The van der Waals surface area contributed by atoms with E-state index in [-0.39, 0.29) is 5.97 Å². The fourth-order valence-corrected chi connectivity index (χ4v) is 11.8. The highest BCUT2D eigenvalue weighted by Crippen LogP contribution is 2.30. The lowest BCUT2D eigenvalue weighted by Crippen LogP contribution is -2.24. The van der Waals surface area contributed by atoms with E-state index < -0.39 is 0 Å². The van der Waals surface area contributed by atoms with Crippen LogP contribution in [-0.4, -0.2) is 67.7 Å². The molecule has 0 saturated heterocycles. The van der Waals surface area contributed by atoms with E-state index in [1.807, 2.05) is 85.4 Å². The highest BCUT2D eigenvalue weighted by molar-refractivity contribution is 7.17. The van der Waals surface area contributed by atoms with E-state index in [1.165, 1.54) is 110 Å². The molecule has 14 aromatic rings. The minimum atomic E-state index is -0.363. The molecule has 15 heteroatoms. The highest BCUT2D eigenvalue weighted by atomic mass is 32.1. The van der Waals surface area contributed by atoms with Crippen LogP contribution in [0.3, 0.4) is 0 Å². The third-order valence-corrected chi connectivity index (χ3v) is 16.8. The first-order valence-electron chi connectivity index (χ1n) is 28.9. The standard InChI is InChI=1S/C11H15N.C10H9NO3.C9H10N2.C9H9N.C9H10O.C8H7NO.2C8H7NS/c1-9-5-3-7-11-10(9)6-4-8-12(11)2;1-6-3-7(10(12)13-2)4-8-9(6)14-5-11-8;1-7-3-4-8-9(5-7)11(2)6-10-8;1-7-3-2-4-9-8(7)5-6-10-9;1-7-3-2-4-8-5-6-10-9(7)8;1-6-3-2-4-7-8(6)10-5-9-7;1-6-3-2-4-7-8(6)9-5-10-7;1-6-3-2-4-7-8(6)10-5-9-7/h3,5,7H,4,6,8H2,1-2H3;3-5H,1-2H3;3-6H,1-2H3;2-6,10H,1H3;2-4H,5-6H2,1H3;3*2-5H,1H3. The molecule has 2 aliphatic heterocycles. The van der Waals surface area contributed by atoms with Crippen molar-refractivity contribution in [3.05, 3.63) is 243 Å². The van der Waals surface area contributed by atoms with E-state index >= 15 is 0 Å². The third-order valence-electron chi connectivity index (χ3n) is 15.0. The second-order valence-electron chi connectivity index (χ2n) is 21.4. The van der Waals surface area contributed by atoms with Gasteiger partial charge in [0.15, 0.2) is 24.0 Å². The summed E-state index contributed by atoms with van der Waals surface area (Å²) in [5.74, 6) is 0.750. The number of para-hydroxylation sites is 3. The van der Waals surface area contributed by atoms with Gasteiger partial charge in [-0.3, -0.25) is 0 Å². The first-order chi connectivity index (χ1) is 42.2. The molecular weight excluding hydrogens is 1120 g/mol. The number of carbonyl (C=O) groups is 1. The molecule has 8 heterocycles. The summed E-state index contributed by atoms with van der Waals surface area (Å²) in [5, 5.41) is 1.32. The van der Waals surface area contributed by atoms with Gasteiger partial charge < -0.3 is 32.8 Å². The normalized spacial score (nSPS) is 11.7. The number of H-pyrrole nitrogens is 1. The van der Waals surface area contributed by atoms with Crippen LogP contribution in [0.25, 0.3) is 64.6 Å². The lowest BCUT2D eigenvalue weighted by atomic mass is 9.98. The van der Waals surface area contributed by atoms with Gasteiger partial charge in [-0.15, -0.1) is 22.7 Å². The average molecular weight is 1200 g/mol. The van der Waals surface area contributed by atoms with Gasteiger partial charge >= 0.3 is 5.97 Å². The summed E-state index contributed by atoms with van der Waals surface area (Å²) in [6.07, 6.45) is 10.3. The van der Waals surface area contributed by atoms with Crippen molar-refractivity contribution in [2.24, 2.45) is 7.05 Å². The Balaban J connectivity index is 0.000000119. The first kappa shape index (κ1) is 62.1. The summed E-state index contributed by atoms with van der Waals surface area (Å²) in [4.78, 5) is 37.4. The molecule has 0 saturated carbocycles. The highest BCUT2D eigenvalue weighted by Gasteiger charge is 2.15. The molecule has 2 aliphatic rings. The quantitative estimate of drug-likeness (QED) is 0.156. The molecule has 16 rings (SSSR count). The summed E-state index contributed by atoms with van der Waals surface area (Å²) in [6, 6.07) is 49.3. The van der Waals surface area contributed by atoms with Gasteiger partial charge in [0.2, 0.25) is 0 Å². The number of nitrogens with zero attached hydrogens (tertiary/aromatic N) is 7. The van der Waals surface area contributed by atoms with Crippen LogP contribution in [0, 0.1) is 55.4 Å². The Morgan fingerprint density at radius 1 is 0.586 bits per heavy atom. The predicted octanol–water partition coefficient (Wildman–Crippen LogP) is 17.9. The Morgan fingerprint density at radius 2 is 1.26 bits per heavy atom. The zero-order chi connectivity index (χ0) is 61.4. The number of aromatic amines is 1. The van der Waals surface area contributed by atoms with Gasteiger partial charge in [0, 0.05) is 49.8 Å². The van der Waals surface area contributed by atoms with Crippen LogP contribution in [0.1, 0.15) is 72.4 Å². The molecule has 0 fully saturated rings. The number of aromatic nitrogens is 7. The number of thiazole rings is 2. The molecule has 6 aromatic heterocycles. The molecule has 0 bridgehead atoms. The van der Waals surface area contributed by atoms with Crippen LogP contribution in [0.4, 0.5) is 5.69 Å². The maximum atomic E-state index is 11.3. The number of aryl methyl sites for hydroxylation is 9. The lowest BCUT2D eigenvalue weighted by Gasteiger charge is -2.28. The topological polar surface area (TPSA) is 150 Å². The number of esters is 1. The maximum Gasteiger partial charge on any atom is 0.337 e. The zero-order valence-corrected chi connectivity index (χ0v) is 53.0. The third kappa shape index (κ3) is 15.7. The molecule has 0 atom stereocenters. The number of oxazole rings is 2. The van der Waals surface area contributed by atoms with Crippen LogP contribution in [0.15, 0.2) is 191 Å². The van der Waals surface area contributed by atoms with Gasteiger partial charge in [-0.25, -0.2) is 29.7 Å². The van der Waals surface area contributed by atoms with Crippen LogP contribution in [0.2, 0.25) is 0 Å². The second kappa shape index (κ2) is 29.6. The van der Waals surface area contributed by atoms with E-state index in [4.69, 9.17) is 13.6 Å². The predicted molar refractivity (Wildman–Crippen MR) is 359 cm³/mol. The molecule has 0 amide bonds. The molecule has 8 aromatic carbocycles. The summed E-state index contributed by atoms with van der Waals surface area (Å²) in [5.41, 5.74) is 27.5. The number of fused-ring (bicyclic) bond motifs is 8. The van der Waals surface area contributed by atoms with Crippen LogP contribution in [-0.2, 0) is 24.6 Å². The van der Waals surface area contributed by atoms with Gasteiger partial charge in [-0.2, -0.15) is 0 Å². The Morgan fingerprint density at radius 3 is 2.01 bits per heavy atom. The number of anilines is 1. The van der Waals surface area contributed by atoms with Crippen molar-refractivity contribution < 1.29 is 23.1 Å². The van der Waals surface area contributed by atoms with Gasteiger partial charge in [-0.05, 0) is 185 Å². The average Bonchev–Trinajstić information content (AvgIpc) is 4.55. The molecule has 444 valence electrons. The van der Waals surface area contributed by atoms with Crippen molar-refractivity contribution in [3.63, 3.8) is 0 Å². The number of rotatable bonds is 1. The van der Waals surface area contributed by atoms with E-state index in [0.29, 0.717) is 16.7 Å². The Labute approximate surface area is 516 Å². The fraction of sp³-hybridized carbons (Fsp3) is 0.222. The molecule has 0 radical (unpaired) electrons. The monoisotopic (exact) mass is 1190 g/mol. The molecule has 0 spiro atoms. The largest absolute Gasteiger partial charge is 0.493 e. The van der Waals surface area contributed by atoms with Crippen LogP contribution < -0.4 is 9.64 Å². The number of benzene rings is 8. The van der Waals surface area contributed by atoms with Crippen molar-refractivity contribution >= 4 is 98.9 Å². The SMILES string of the molecule is COC(=O)c1cc(C)c2ocnc2c1.Cc1ccc2ncn(C)c2c1.Cc1cccc2[nH]ccc12.Cc1cccc2c1CCCN2C.Cc1cccc2c1OCC2.Cc1cccc2ncoc12.Cc1cccc2ncsc12.Cc1cccc2scnc12. The Hall–Kier alpha value is -9.44. The molecule has 0 unspecified atom stereocenters. The molecule has 13 nitrogen and oxygen atoms in total. The molecule has 1 N–H and O–H groups in total. The second-order valence-corrected chi connectivity index (χ2v) is 23.2. The molecule has 87 heavy (non-hydrogen) atoms. The summed E-state index contributed by atoms with van der Waals surface area (Å²) in [6.45, 7) is 18.6. The van der Waals surface area contributed by atoms with Crippen LogP contribution in [0.5, 0.6) is 5.75 Å². The van der Waals surface area contributed by atoms with Crippen molar-refractivity contribution in [3.8, 4) is 5.75 Å². The number of methoxy groups -OCH3 is 1. The van der Waals surface area contributed by atoms with Crippen molar-refractivity contribution in [1.29, 1.82) is 0 Å². The number of hydrogen-bond acceptors (Lipinski definition) is 13. The molecular formula is C72H74N8O5S2. The van der Waals surface area contributed by atoms with E-state index in [1.54, 1.807) is 40.4 Å². The van der Waals surface area contributed by atoms with Crippen molar-refractivity contribution in [1.82, 2.24) is 34.5 Å².